The number of hydrogen-bond acceptors (Lipinski definition) is 2. The molecule has 1 N–H and O–H groups in total. The Morgan fingerprint density at radius 1 is 1.56 bits per heavy atom. The van der Waals surface area contributed by atoms with E-state index in [1.165, 1.54) is 5.56 Å². The number of ether oxygens (including phenoxy) is 1. The predicted octanol–water partition coefficient (Wildman–Crippen LogP) is 3.01. The van der Waals surface area contributed by atoms with Gasteiger partial charge in [-0.1, -0.05) is 18.7 Å². The second-order valence-electron chi connectivity index (χ2n) is 4.33. The van der Waals surface area contributed by atoms with Gasteiger partial charge in [0.2, 0.25) is 0 Å². The molecule has 0 radical (unpaired) electrons. The Balaban J connectivity index is 2.23. The molecule has 86 valence electrons. The van der Waals surface area contributed by atoms with Gasteiger partial charge in [0.05, 0.1) is 6.10 Å². The van der Waals surface area contributed by atoms with Crippen LogP contribution in [-0.4, -0.2) is 11.2 Å². The van der Waals surface area contributed by atoms with Crippen LogP contribution in [-0.2, 0) is 6.42 Å². The molecule has 16 heavy (non-hydrogen) atoms. The van der Waals surface area contributed by atoms with Gasteiger partial charge < -0.3 is 9.84 Å². The highest BCUT2D eigenvalue weighted by atomic mass is 16.5. The summed E-state index contributed by atoms with van der Waals surface area (Å²) in [4.78, 5) is 0. The Morgan fingerprint density at radius 2 is 2.38 bits per heavy atom. The number of fused-ring (bicyclic) bond motifs is 1. The second kappa shape index (κ2) is 4.71. The lowest BCUT2D eigenvalue weighted by Crippen LogP contribution is -2.11. The van der Waals surface area contributed by atoms with Gasteiger partial charge in [-0.3, -0.25) is 0 Å². The molecule has 0 aliphatic heterocycles. The van der Waals surface area contributed by atoms with Gasteiger partial charge in [-0.05, 0) is 49.4 Å². The second-order valence-corrected chi connectivity index (χ2v) is 4.33. The van der Waals surface area contributed by atoms with Gasteiger partial charge in [0.15, 0.2) is 0 Å². The zero-order valence-electron chi connectivity index (χ0n) is 9.65. The van der Waals surface area contributed by atoms with Gasteiger partial charge in [-0.25, -0.2) is 0 Å². The third kappa shape index (κ3) is 2.27. The van der Waals surface area contributed by atoms with Crippen LogP contribution in [0, 0.1) is 0 Å². The first-order valence-corrected chi connectivity index (χ1v) is 5.81. The normalized spacial score (nSPS) is 21.0. The zero-order valence-corrected chi connectivity index (χ0v) is 9.65. The van der Waals surface area contributed by atoms with E-state index in [1.807, 2.05) is 19.1 Å². The van der Waals surface area contributed by atoms with Gasteiger partial charge in [0, 0.05) is 0 Å². The SMILES string of the molecule is C=CC(C)Oc1ccc2c(c1)C(O)CCC2. The lowest BCUT2D eigenvalue weighted by Gasteiger charge is -2.22. The quantitative estimate of drug-likeness (QED) is 0.790. The number of aryl methyl sites for hydroxylation is 1. The number of aliphatic hydroxyl groups is 1. The number of rotatable bonds is 3. The molecule has 0 saturated carbocycles. The summed E-state index contributed by atoms with van der Waals surface area (Å²) in [6.07, 6.45) is 4.41. The molecule has 2 rings (SSSR count). The number of aliphatic hydroxyl groups excluding tert-OH is 1. The molecule has 1 aromatic carbocycles. The van der Waals surface area contributed by atoms with Crippen molar-refractivity contribution in [1.29, 1.82) is 0 Å². The van der Waals surface area contributed by atoms with Crippen molar-refractivity contribution in [3.8, 4) is 5.75 Å². The van der Waals surface area contributed by atoms with Crippen molar-refractivity contribution in [2.75, 3.05) is 0 Å². The van der Waals surface area contributed by atoms with Gasteiger partial charge in [0.1, 0.15) is 11.9 Å². The monoisotopic (exact) mass is 218 g/mol. The van der Waals surface area contributed by atoms with Crippen LogP contribution in [0.3, 0.4) is 0 Å². The smallest absolute Gasteiger partial charge is 0.120 e. The Hall–Kier alpha value is -1.28. The summed E-state index contributed by atoms with van der Waals surface area (Å²) in [5.41, 5.74) is 2.28. The summed E-state index contributed by atoms with van der Waals surface area (Å²) < 4.78 is 5.65. The first kappa shape index (κ1) is 11.2. The van der Waals surface area contributed by atoms with Crippen molar-refractivity contribution in [3.05, 3.63) is 42.0 Å². The van der Waals surface area contributed by atoms with Crippen molar-refractivity contribution < 1.29 is 9.84 Å². The summed E-state index contributed by atoms with van der Waals surface area (Å²) in [6.45, 7) is 5.63. The third-order valence-electron chi connectivity index (χ3n) is 3.05. The van der Waals surface area contributed by atoms with Crippen LogP contribution in [0.5, 0.6) is 5.75 Å². The average molecular weight is 218 g/mol. The maximum absolute atomic E-state index is 9.90. The molecule has 1 aliphatic carbocycles. The molecule has 2 atom stereocenters. The molecule has 0 aromatic heterocycles. The molecule has 1 aromatic rings. The van der Waals surface area contributed by atoms with Crippen LogP contribution in [0.4, 0.5) is 0 Å². The maximum atomic E-state index is 9.90. The van der Waals surface area contributed by atoms with Crippen molar-refractivity contribution in [3.63, 3.8) is 0 Å². The Kier molecular flexibility index (Phi) is 3.30. The van der Waals surface area contributed by atoms with E-state index in [0.29, 0.717) is 0 Å². The van der Waals surface area contributed by atoms with Crippen LogP contribution in [0.15, 0.2) is 30.9 Å². The molecule has 1 aliphatic rings. The molecule has 0 spiro atoms. The fourth-order valence-corrected chi connectivity index (χ4v) is 2.09. The van der Waals surface area contributed by atoms with E-state index in [-0.39, 0.29) is 12.2 Å². The van der Waals surface area contributed by atoms with E-state index in [0.717, 1.165) is 30.6 Å². The molecule has 0 saturated heterocycles. The van der Waals surface area contributed by atoms with Gasteiger partial charge in [-0.2, -0.15) is 0 Å². The summed E-state index contributed by atoms with van der Waals surface area (Å²) in [5.74, 6) is 0.812. The maximum Gasteiger partial charge on any atom is 0.120 e. The van der Waals surface area contributed by atoms with E-state index in [4.69, 9.17) is 4.74 Å². The molecule has 2 unspecified atom stereocenters. The summed E-state index contributed by atoms with van der Waals surface area (Å²) >= 11 is 0. The highest BCUT2D eigenvalue weighted by Gasteiger charge is 2.18. The minimum atomic E-state index is -0.327. The summed E-state index contributed by atoms with van der Waals surface area (Å²) in [7, 11) is 0. The predicted molar refractivity (Wildman–Crippen MR) is 64.6 cm³/mol. The Bertz CT molecular complexity index is 384. The zero-order chi connectivity index (χ0) is 11.5. The molecule has 2 heteroatoms. The van der Waals surface area contributed by atoms with Crippen LogP contribution < -0.4 is 4.74 Å². The summed E-state index contributed by atoms with van der Waals surface area (Å²) in [5, 5.41) is 9.90. The minimum absolute atomic E-state index is 0.00113. The molecular weight excluding hydrogens is 200 g/mol. The lowest BCUT2D eigenvalue weighted by atomic mass is 9.89. The number of benzene rings is 1. The van der Waals surface area contributed by atoms with Gasteiger partial charge in [-0.15, -0.1) is 0 Å². The van der Waals surface area contributed by atoms with E-state index < -0.39 is 0 Å². The summed E-state index contributed by atoms with van der Waals surface area (Å²) in [6, 6.07) is 5.99. The fraction of sp³-hybridized carbons (Fsp3) is 0.429. The van der Waals surface area contributed by atoms with E-state index >= 15 is 0 Å². The first-order valence-electron chi connectivity index (χ1n) is 5.81. The Labute approximate surface area is 96.6 Å². The lowest BCUT2D eigenvalue weighted by molar-refractivity contribution is 0.155. The van der Waals surface area contributed by atoms with Crippen LogP contribution >= 0.6 is 0 Å². The average Bonchev–Trinajstić information content (AvgIpc) is 2.30. The van der Waals surface area contributed by atoms with Crippen molar-refractivity contribution in [1.82, 2.24) is 0 Å². The van der Waals surface area contributed by atoms with E-state index in [2.05, 4.69) is 12.6 Å². The van der Waals surface area contributed by atoms with Crippen LogP contribution in [0.2, 0.25) is 0 Å². The van der Waals surface area contributed by atoms with Crippen LogP contribution in [0.25, 0.3) is 0 Å². The van der Waals surface area contributed by atoms with Crippen molar-refractivity contribution in [2.45, 2.75) is 38.4 Å². The largest absolute Gasteiger partial charge is 0.487 e. The number of hydrogen-bond donors (Lipinski definition) is 1. The van der Waals surface area contributed by atoms with Crippen molar-refractivity contribution >= 4 is 0 Å². The first-order chi connectivity index (χ1) is 7.70. The highest BCUT2D eigenvalue weighted by molar-refractivity contribution is 5.38. The van der Waals surface area contributed by atoms with Gasteiger partial charge >= 0.3 is 0 Å². The fourth-order valence-electron chi connectivity index (χ4n) is 2.09. The van der Waals surface area contributed by atoms with E-state index in [9.17, 15) is 5.11 Å². The minimum Gasteiger partial charge on any atom is -0.487 e. The molecule has 0 amide bonds. The van der Waals surface area contributed by atoms with Gasteiger partial charge in [0.25, 0.3) is 0 Å². The highest BCUT2D eigenvalue weighted by Crippen LogP contribution is 2.32. The van der Waals surface area contributed by atoms with Crippen molar-refractivity contribution in [2.24, 2.45) is 0 Å². The topological polar surface area (TPSA) is 29.5 Å². The van der Waals surface area contributed by atoms with Crippen LogP contribution in [0.1, 0.15) is 37.0 Å². The van der Waals surface area contributed by atoms with E-state index in [1.54, 1.807) is 6.08 Å². The molecule has 0 bridgehead atoms. The Morgan fingerprint density at radius 3 is 3.12 bits per heavy atom. The third-order valence-corrected chi connectivity index (χ3v) is 3.05. The standard InChI is InChI=1S/C14H18O2/c1-3-10(2)16-12-8-7-11-5-4-6-14(15)13(11)9-12/h3,7-10,14-15H,1,4-6H2,2H3. The molecular formula is C14H18O2. The molecule has 0 fully saturated rings. The molecule has 2 nitrogen and oxygen atoms in total. The molecule has 0 heterocycles.